The fourth-order valence-corrected chi connectivity index (χ4v) is 2.06. The summed E-state index contributed by atoms with van der Waals surface area (Å²) < 4.78 is 4.66. The van der Waals surface area contributed by atoms with Crippen molar-refractivity contribution < 1.29 is 9.53 Å². The lowest BCUT2D eigenvalue weighted by atomic mass is 9.72. The summed E-state index contributed by atoms with van der Waals surface area (Å²) in [6.45, 7) is 0. The summed E-state index contributed by atoms with van der Waals surface area (Å²) in [5, 5.41) is 3.26. The van der Waals surface area contributed by atoms with Crippen LogP contribution in [0.1, 0.15) is 19.3 Å². The van der Waals surface area contributed by atoms with E-state index in [2.05, 4.69) is 10.1 Å². The SMILES string of the molecule is COC(=O)C1CC2CC(C2)N1.Cl. The molecule has 2 bridgehead atoms. The van der Waals surface area contributed by atoms with Gasteiger partial charge in [0.2, 0.25) is 0 Å². The largest absolute Gasteiger partial charge is 0.468 e. The molecular formula is C8H14ClNO2. The van der Waals surface area contributed by atoms with Crippen molar-refractivity contribution >= 4 is 18.4 Å². The Morgan fingerprint density at radius 1 is 1.42 bits per heavy atom. The van der Waals surface area contributed by atoms with Gasteiger partial charge in [-0.05, 0) is 25.2 Å². The first kappa shape index (κ1) is 9.81. The second-order valence-corrected chi connectivity index (χ2v) is 3.51. The molecule has 3 aliphatic rings. The standard InChI is InChI=1S/C8H13NO2.ClH/c1-11-8(10)7-4-5-2-6(3-5)9-7;/h5-7,9H,2-4H2,1H3;1H. The topological polar surface area (TPSA) is 38.3 Å². The molecule has 1 atom stereocenters. The third-order valence-corrected chi connectivity index (χ3v) is 2.73. The molecule has 2 aliphatic heterocycles. The lowest BCUT2D eigenvalue weighted by Crippen LogP contribution is -2.57. The van der Waals surface area contributed by atoms with E-state index < -0.39 is 0 Å². The molecule has 3 rings (SSSR count). The molecule has 0 aromatic rings. The number of ether oxygens (including phenoxy) is 1. The van der Waals surface area contributed by atoms with Crippen LogP contribution in [0.2, 0.25) is 0 Å². The monoisotopic (exact) mass is 191 g/mol. The molecule has 4 heteroatoms. The number of hydrogen-bond donors (Lipinski definition) is 1. The van der Waals surface area contributed by atoms with Crippen molar-refractivity contribution in [1.29, 1.82) is 0 Å². The summed E-state index contributed by atoms with van der Waals surface area (Å²) >= 11 is 0. The normalized spacial score (nSPS) is 37.6. The predicted octanol–water partition coefficient (Wildman–Crippen LogP) is 0.722. The van der Waals surface area contributed by atoms with Gasteiger partial charge >= 0.3 is 5.97 Å². The number of esters is 1. The second-order valence-electron chi connectivity index (χ2n) is 3.51. The molecule has 1 saturated carbocycles. The predicted molar refractivity (Wildman–Crippen MR) is 47.3 cm³/mol. The molecule has 0 spiro atoms. The van der Waals surface area contributed by atoms with Gasteiger partial charge in [-0.3, -0.25) is 4.79 Å². The Morgan fingerprint density at radius 2 is 2.08 bits per heavy atom. The van der Waals surface area contributed by atoms with E-state index >= 15 is 0 Å². The van der Waals surface area contributed by atoms with Crippen molar-refractivity contribution in [2.45, 2.75) is 31.3 Å². The van der Waals surface area contributed by atoms with E-state index in [0.29, 0.717) is 6.04 Å². The van der Waals surface area contributed by atoms with Crippen LogP contribution in [0.5, 0.6) is 0 Å². The molecule has 0 amide bonds. The van der Waals surface area contributed by atoms with Crippen LogP contribution in [0.15, 0.2) is 0 Å². The summed E-state index contributed by atoms with van der Waals surface area (Å²) in [7, 11) is 1.45. The molecule has 3 fully saturated rings. The van der Waals surface area contributed by atoms with E-state index in [1.807, 2.05) is 0 Å². The maximum absolute atomic E-state index is 11.0. The summed E-state index contributed by atoms with van der Waals surface area (Å²) in [5.41, 5.74) is 0. The van der Waals surface area contributed by atoms with E-state index in [1.165, 1.54) is 20.0 Å². The number of piperidine rings is 2. The Bertz CT molecular complexity index is 170. The number of fused-ring (bicyclic) bond motifs is 2. The lowest BCUT2D eigenvalue weighted by molar-refractivity contribution is -0.146. The number of carbonyl (C=O) groups excluding carboxylic acids is 1. The van der Waals surface area contributed by atoms with Crippen LogP contribution in [0.25, 0.3) is 0 Å². The van der Waals surface area contributed by atoms with Crippen LogP contribution in [-0.4, -0.2) is 25.2 Å². The highest BCUT2D eigenvalue weighted by Crippen LogP contribution is 2.36. The Balaban J connectivity index is 0.000000720. The quantitative estimate of drug-likeness (QED) is 0.621. The Hall–Kier alpha value is -0.280. The van der Waals surface area contributed by atoms with Gasteiger partial charge in [0.1, 0.15) is 6.04 Å². The molecule has 1 aliphatic carbocycles. The first-order valence-corrected chi connectivity index (χ1v) is 4.13. The molecule has 0 aromatic carbocycles. The molecule has 70 valence electrons. The minimum atomic E-state index is -0.0978. The summed E-state index contributed by atoms with van der Waals surface area (Å²) in [5.74, 6) is 0.685. The maximum atomic E-state index is 11.0. The average molecular weight is 192 g/mol. The summed E-state index contributed by atoms with van der Waals surface area (Å²) in [6.07, 6.45) is 3.49. The highest BCUT2D eigenvalue weighted by Gasteiger charge is 2.40. The van der Waals surface area contributed by atoms with Crippen molar-refractivity contribution in [2.24, 2.45) is 5.92 Å². The second kappa shape index (κ2) is 3.62. The van der Waals surface area contributed by atoms with Crippen LogP contribution in [0.4, 0.5) is 0 Å². The van der Waals surface area contributed by atoms with Gasteiger partial charge in [-0.25, -0.2) is 0 Å². The van der Waals surface area contributed by atoms with Gasteiger partial charge in [0, 0.05) is 6.04 Å². The molecule has 3 nitrogen and oxygen atoms in total. The Morgan fingerprint density at radius 3 is 2.50 bits per heavy atom. The van der Waals surface area contributed by atoms with Crippen LogP contribution in [-0.2, 0) is 9.53 Å². The number of hydrogen-bond acceptors (Lipinski definition) is 3. The van der Waals surface area contributed by atoms with Crippen LogP contribution >= 0.6 is 12.4 Å². The van der Waals surface area contributed by atoms with Gasteiger partial charge in [-0.2, -0.15) is 0 Å². The third kappa shape index (κ3) is 1.57. The van der Waals surface area contributed by atoms with Crippen molar-refractivity contribution in [3.8, 4) is 0 Å². The molecule has 0 aromatic heterocycles. The Kier molecular flexibility index (Phi) is 2.96. The number of nitrogens with one attached hydrogen (secondary N) is 1. The summed E-state index contributed by atoms with van der Waals surface area (Å²) in [6, 6.07) is 0.579. The minimum absolute atomic E-state index is 0. The fourth-order valence-electron chi connectivity index (χ4n) is 2.06. The highest BCUT2D eigenvalue weighted by molar-refractivity contribution is 5.85. The van der Waals surface area contributed by atoms with E-state index in [1.54, 1.807) is 0 Å². The van der Waals surface area contributed by atoms with E-state index in [4.69, 9.17) is 0 Å². The van der Waals surface area contributed by atoms with Crippen molar-refractivity contribution in [3.63, 3.8) is 0 Å². The molecule has 2 heterocycles. The molecule has 0 radical (unpaired) electrons. The molecule has 2 saturated heterocycles. The van der Waals surface area contributed by atoms with E-state index in [-0.39, 0.29) is 24.4 Å². The van der Waals surface area contributed by atoms with Gasteiger partial charge in [-0.1, -0.05) is 0 Å². The lowest BCUT2D eigenvalue weighted by Gasteiger charge is -2.45. The zero-order valence-corrected chi connectivity index (χ0v) is 7.89. The van der Waals surface area contributed by atoms with Gasteiger partial charge in [0.15, 0.2) is 0 Å². The van der Waals surface area contributed by atoms with Crippen LogP contribution in [0.3, 0.4) is 0 Å². The number of rotatable bonds is 1. The highest BCUT2D eigenvalue weighted by atomic mass is 35.5. The fraction of sp³-hybridized carbons (Fsp3) is 0.875. The minimum Gasteiger partial charge on any atom is -0.468 e. The van der Waals surface area contributed by atoms with Gasteiger partial charge in [-0.15, -0.1) is 12.4 Å². The number of halogens is 1. The summed E-state index contributed by atoms with van der Waals surface area (Å²) in [4.78, 5) is 11.0. The van der Waals surface area contributed by atoms with Gasteiger partial charge in [0.25, 0.3) is 0 Å². The van der Waals surface area contributed by atoms with Gasteiger partial charge < -0.3 is 10.1 Å². The van der Waals surface area contributed by atoms with Crippen LogP contribution in [0, 0.1) is 5.92 Å². The zero-order valence-electron chi connectivity index (χ0n) is 7.08. The molecule has 12 heavy (non-hydrogen) atoms. The molecular weight excluding hydrogens is 178 g/mol. The molecule has 1 unspecified atom stereocenters. The average Bonchev–Trinajstić information content (AvgIpc) is 2.02. The van der Waals surface area contributed by atoms with E-state index in [9.17, 15) is 4.79 Å². The number of methoxy groups -OCH3 is 1. The smallest absolute Gasteiger partial charge is 0.322 e. The van der Waals surface area contributed by atoms with Crippen molar-refractivity contribution in [3.05, 3.63) is 0 Å². The maximum Gasteiger partial charge on any atom is 0.322 e. The first-order chi connectivity index (χ1) is 5.29. The van der Waals surface area contributed by atoms with Crippen molar-refractivity contribution in [1.82, 2.24) is 5.32 Å². The van der Waals surface area contributed by atoms with Crippen molar-refractivity contribution in [2.75, 3.05) is 7.11 Å². The zero-order chi connectivity index (χ0) is 7.84. The third-order valence-electron chi connectivity index (χ3n) is 2.73. The Labute approximate surface area is 78.3 Å². The first-order valence-electron chi connectivity index (χ1n) is 4.13. The molecule has 1 N–H and O–H groups in total. The van der Waals surface area contributed by atoms with Gasteiger partial charge in [0.05, 0.1) is 7.11 Å². The number of carbonyl (C=O) groups is 1. The van der Waals surface area contributed by atoms with E-state index in [0.717, 1.165) is 12.3 Å². The van der Waals surface area contributed by atoms with Crippen LogP contribution < -0.4 is 5.32 Å².